The van der Waals surface area contributed by atoms with E-state index in [1.54, 1.807) is 0 Å². The Kier molecular flexibility index (Phi) is 3.90. The molecule has 2 atom stereocenters. The highest BCUT2D eigenvalue weighted by molar-refractivity contribution is 5.24. The highest BCUT2D eigenvalue weighted by Crippen LogP contribution is 2.31. The van der Waals surface area contributed by atoms with Crippen molar-refractivity contribution in [3.05, 3.63) is 35.9 Å². The number of hydrogen-bond donors (Lipinski definition) is 1. The highest BCUT2D eigenvalue weighted by atomic mass is 16.5. The van der Waals surface area contributed by atoms with Crippen molar-refractivity contribution in [3.8, 4) is 0 Å². The standard InChI is InChI=1S/C17H25NO/c1-17(15-9-3-2-4-10-15)13-19-16(12-18-17)11-14-7-5-6-8-14/h2-4,9-10,14,16,18H,5-8,11-13H2,1H3. The SMILES string of the molecule is CC1(c2ccccc2)COC(CC2CCCC2)CN1. The van der Waals surface area contributed by atoms with Crippen molar-refractivity contribution < 1.29 is 4.74 Å². The third-order valence-electron chi connectivity index (χ3n) is 4.81. The minimum Gasteiger partial charge on any atom is -0.375 e. The summed E-state index contributed by atoms with van der Waals surface area (Å²) in [5.41, 5.74) is 1.31. The highest BCUT2D eigenvalue weighted by Gasteiger charge is 2.33. The van der Waals surface area contributed by atoms with Crippen molar-refractivity contribution in [2.75, 3.05) is 13.2 Å². The first-order chi connectivity index (χ1) is 9.26. The summed E-state index contributed by atoms with van der Waals surface area (Å²) in [5, 5.41) is 3.71. The first-order valence-corrected chi connectivity index (χ1v) is 7.68. The van der Waals surface area contributed by atoms with Crippen molar-refractivity contribution in [2.24, 2.45) is 5.92 Å². The van der Waals surface area contributed by atoms with Crippen molar-refractivity contribution >= 4 is 0 Å². The molecule has 104 valence electrons. The first-order valence-electron chi connectivity index (χ1n) is 7.68. The fourth-order valence-corrected chi connectivity index (χ4v) is 3.49. The van der Waals surface area contributed by atoms with Crippen LogP contribution in [0, 0.1) is 5.92 Å². The summed E-state index contributed by atoms with van der Waals surface area (Å²) in [7, 11) is 0. The Morgan fingerprint density at radius 3 is 2.58 bits per heavy atom. The lowest BCUT2D eigenvalue weighted by atomic mass is 9.90. The molecule has 0 amide bonds. The second-order valence-electron chi connectivity index (χ2n) is 6.40. The van der Waals surface area contributed by atoms with Gasteiger partial charge in [0.1, 0.15) is 0 Å². The van der Waals surface area contributed by atoms with Crippen LogP contribution >= 0.6 is 0 Å². The topological polar surface area (TPSA) is 21.3 Å². The predicted molar refractivity (Wildman–Crippen MR) is 78.1 cm³/mol. The molecule has 0 bridgehead atoms. The summed E-state index contributed by atoms with van der Waals surface area (Å²) in [6.07, 6.45) is 7.34. The van der Waals surface area contributed by atoms with Crippen LogP contribution in [0.5, 0.6) is 0 Å². The number of rotatable bonds is 3. The lowest BCUT2D eigenvalue weighted by Crippen LogP contribution is -2.53. The maximum absolute atomic E-state index is 6.15. The minimum atomic E-state index is -0.0204. The van der Waals surface area contributed by atoms with Gasteiger partial charge in [-0.25, -0.2) is 0 Å². The molecule has 0 radical (unpaired) electrons. The second-order valence-corrected chi connectivity index (χ2v) is 6.40. The third kappa shape index (κ3) is 3.01. The summed E-state index contributed by atoms with van der Waals surface area (Å²) in [4.78, 5) is 0. The van der Waals surface area contributed by atoms with E-state index in [0.717, 1.165) is 19.1 Å². The third-order valence-corrected chi connectivity index (χ3v) is 4.81. The molecule has 1 saturated heterocycles. The van der Waals surface area contributed by atoms with Crippen LogP contribution in [0.1, 0.15) is 44.6 Å². The summed E-state index contributed by atoms with van der Waals surface area (Å²) < 4.78 is 6.15. The van der Waals surface area contributed by atoms with Gasteiger partial charge in [0.05, 0.1) is 18.2 Å². The molecule has 1 aliphatic heterocycles. The van der Waals surface area contributed by atoms with E-state index >= 15 is 0 Å². The van der Waals surface area contributed by atoms with Gasteiger partial charge in [0.15, 0.2) is 0 Å². The number of morpholine rings is 1. The molecule has 19 heavy (non-hydrogen) atoms. The van der Waals surface area contributed by atoms with Gasteiger partial charge in [-0.2, -0.15) is 0 Å². The Bertz CT molecular complexity index is 389. The molecule has 0 spiro atoms. The van der Waals surface area contributed by atoms with Gasteiger partial charge in [0.25, 0.3) is 0 Å². The Balaban J connectivity index is 1.56. The van der Waals surface area contributed by atoms with Gasteiger partial charge in [-0.3, -0.25) is 0 Å². The molecule has 1 aromatic rings. The van der Waals surface area contributed by atoms with Crippen LogP contribution in [0.15, 0.2) is 30.3 Å². The molecule has 1 aromatic carbocycles. The molecule has 0 aromatic heterocycles. The largest absolute Gasteiger partial charge is 0.375 e. The Morgan fingerprint density at radius 2 is 1.95 bits per heavy atom. The monoisotopic (exact) mass is 259 g/mol. The number of ether oxygens (including phenoxy) is 1. The van der Waals surface area contributed by atoms with Crippen molar-refractivity contribution in [2.45, 2.75) is 50.7 Å². The Hall–Kier alpha value is -0.860. The lowest BCUT2D eigenvalue weighted by Gasteiger charge is -2.39. The predicted octanol–water partition coefficient (Wildman–Crippen LogP) is 3.47. The van der Waals surface area contributed by atoms with Gasteiger partial charge >= 0.3 is 0 Å². The molecule has 1 N–H and O–H groups in total. The fraction of sp³-hybridized carbons (Fsp3) is 0.647. The Labute approximate surface area is 116 Å². The van der Waals surface area contributed by atoms with Crippen LogP contribution in [-0.2, 0) is 10.3 Å². The molecule has 1 heterocycles. The van der Waals surface area contributed by atoms with Crippen LogP contribution < -0.4 is 5.32 Å². The number of benzene rings is 1. The van der Waals surface area contributed by atoms with Gasteiger partial charge in [0.2, 0.25) is 0 Å². The minimum absolute atomic E-state index is 0.0204. The summed E-state index contributed by atoms with van der Waals surface area (Å²) >= 11 is 0. The molecule has 2 nitrogen and oxygen atoms in total. The van der Waals surface area contributed by atoms with Crippen LogP contribution in [0.4, 0.5) is 0 Å². The van der Waals surface area contributed by atoms with Gasteiger partial charge in [0, 0.05) is 6.54 Å². The molecule has 2 unspecified atom stereocenters. The van der Waals surface area contributed by atoms with E-state index in [0.29, 0.717) is 6.10 Å². The zero-order valence-corrected chi connectivity index (χ0v) is 11.9. The van der Waals surface area contributed by atoms with Crippen molar-refractivity contribution in [1.82, 2.24) is 5.32 Å². The molecule has 2 aliphatic rings. The molecule has 1 saturated carbocycles. The second kappa shape index (κ2) is 5.64. The number of nitrogens with one attached hydrogen (secondary N) is 1. The fourth-order valence-electron chi connectivity index (χ4n) is 3.49. The summed E-state index contributed by atoms with van der Waals surface area (Å²) in [6, 6.07) is 10.7. The maximum Gasteiger partial charge on any atom is 0.0703 e. The maximum atomic E-state index is 6.15. The van der Waals surface area contributed by atoms with E-state index in [-0.39, 0.29) is 5.54 Å². The van der Waals surface area contributed by atoms with Crippen LogP contribution in [0.2, 0.25) is 0 Å². The van der Waals surface area contributed by atoms with Crippen LogP contribution in [-0.4, -0.2) is 19.3 Å². The van der Waals surface area contributed by atoms with E-state index in [1.807, 2.05) is 0 Å². The van der Waals surface area contributed by atoms with Crippen molar-refractivity contribution in [1.29, 1.82) is 0 Å². The summed E-state index contributed by atoms with van der Waals surface area (Å²) in [6.45, 7) is 4.02. The zero-order chi connectivity index (χ0) is 13.1. The average Bonchev–Trinajstić information content (AvgIpc) is 2.96. The van der Waals surface area contributed by atoms with E-state index in [4.69, 9.17) is 4.74 Å². The molecular formula is C17H25NO. The smallest absolute Gasteiger partial charge is 0.0703 e. The van der Waals surface area contributed by atoms with Gasteiger partial charge in [-0.05, 0) is 24.8 Å². The van der Waals surface area contributed by atoms with E-state index in [2.05, 4.69) is 42.6 Å². The Morgan fingerprint density at radius 1 is 1.21 bits per heavy atom. The lowest BCUT2D eigenvalue weighted by molar-refractivity contribution is -0.0392. The van der Waals surface area contributed by atoms with E-state index in [1.165, 1.54) is 37.7 Å². The first kappa shape index (κ1) is 13.1. The normalized spacial score (nSPS) is 32.6. The molecule has 2 fully saturated rings. The van der Waals surface area contributed by atoms with Gasteiger partial charge in [-0.1, -0.05) is 56.0 Å². The zero-order valence-electron chi connectivity index (χ0n) is 11.9. The van der Waals surface area contributed by atoms with Gasteiger partial charge < -0.3 is 10.1 Å². The molecule has 1 aliphatic carbocycles. The van der Waals surface area contributed by atoms with E-state index < -0.39 is 0 Å². The molecular weight excluding hydrogens is 234 g/mol. The van der Waals surface area contributed by atoms with E-state index in [9.17, 15) is 0 Å². The van der Waals surface area contributed by atoms with Crippen LogP contribution in [0.25, 0.3) is 0 Å². The molecule has 2 heteroatoms. The quantitative estimate of drug-likeness (QED) is 0.897. The van der Waals surface area contributed by atoms with Gasteiger partial charge in [-0.15, -0.1) is 0 Å². The summed E-state index contributed by atoms with van der Waals surface area (Å²) in [5.74, 6) is 0.910. The average molecular weight is 259 g/mol. The molecule has 3 rings (SSSR count). The number of hydrogen-bond acceptors (Lipinski definition) is 2. The van der Waals surface area contributed by atoms with Crippen molar-refractivity contribution in [3.63, 3.8) is 0 Å². The van der Waals surface area contributed by atoms with Crippen LogP contribution in [0.3, 0.4) is 0 Å².